The van der Waals surface area contributed by atoms with Crippen LogP contribution in [0.25, 0.3) is 11.1 Å². The zero-order valence-corrected chi connectivity index (χ0v) is 14.5. The number of hydrogen-bond donors (Lipinski definition) is 0. The Balaban J connectivity index is 1.94. The average molecular weight is 332 g/mol. The number of allylic oxidation sites excluding steroid dienone is 14. The smallest absolute Gasteiger partial charge is 0.00992 e. The summed E-state index contributed by atoms with van der Waals surface area (Å²) < 4.78 is 0. The SMILES string of the molecule is C1=CC=C(c2ccccc2)/C(=C2\C=CC=CC=C2c2ccccc2)C=C1. The summed E-state index contributed by atoms with van der Waals surface area (Å²) in [5.74, 6) is 0. The fourth-order valence-electron chi connectivity index (χ4n) is 3.30. The van der Waals surface area contributed by atoms with E-state index in [0.717, 1.165) is 0 Å². The molecule has 124 valence electrons. The van der Waals surface area contributed by atoms with Gasteiger partial charge in [-0.3, -0.25) is 0 Å². The Bertz CT molecular complexity index is 905. The lowest BCUT2D eigenvalue weighted by Crippen LogP contribution is -1.96. The van der Waals surface area contributed by atoms with Gasteiger partial charge in [-0.25, -0.2) is 0 Å². The molecule has 2 aliphatic rings. The summed E-state index contributed by atoms with van der Waals surface area (Å²) in [5, 5.41) is 0. The molecule has 0 aromatic heterocycles. The van der Waals surface area contributed by atoms with E-state index in [9.17, 15) is 0 Å². The van der Waals surface area contributed by atoms with Crippen molar-refractivity contribution in [2.24, 2.45) is 0 Å². The second-order valence-corrected chi connectivity index (χ2v) is 6.21. The van der Waals surface area contributed by atoms with Gasteiger partial charge in [0, 0.05) is 0 Å². The molecule has 4 rings (SSSR count). The van der Waals surface area contributed by atoms with Gasteiger partial charge in [0.1, 0.15) is 0 Å². The van der Waals surface area contributed by atoms with Crippen LogP contribution in [0.5, 0.6) is 0 Å². The van der Waals surface area contributed by atoms with Crippen molar-refractivity contribution in [3.05, 3.63) is 144 Å². The molecule has 2 aromatic carbocycles. The summed E-state index contributed by atoms with van der Waals surface area (Å²) in [5.41, 5.74) is 7.39. The van der Waals surface area contributed by atoms with Gasteiger partial charge in [0.05, 0.1) is 0 Å². The van der Waals surface area contributed by atoms with Crippen molar-refractivity contribution in [1.29, 1.82) is 0 Å². The van der Waals surface area contributed by atoms with Crippen molar-refractivity contribution >= 4 is 11.1 Å². The molecule has 0 atom stereocenters. The summed E-state index contributed by atoms with van der Waals surface area (Å²) in [4.78, 5) is 0. The normalized spacial score (nSPS) is 18.9. The minimum Gasteiger partial charge on any atom is -0.0622 e. The van der Waals surface area contributed by atoms with Gasteiger partial charge >= 0.3 is 0 Å². The lowest BCUT2D eigenvalue weighted by molar-refractivity contribution is 1.51. The number of hydrogen-bond acceptors (Lipinski definition) is 0. The monoisotopic (exact) mass is 332 g/mol. The zero-order chi connectivity index (χ0) is 17.6. The predicted molar refractivity (Wildman–Crippen MR) is 112 cm³/mol. The molecule has 0 saturated heterocycles. The molecule has 26 heavy (non-hydrogen) atoms. The van der Waals surface area contributed by atoms with Crippen molar-refractivity contribution in [1.82, 2.24) is 0 Å². The van der Waals surface area contributed by atoms with Crippen LogP contribution in [0, 0.1) is 0 Å². The summed E-state index contributed by atoms with van der Waals surface area (Å²) >= 11 is 0. The van der Waals surface area contributed by atoms with Gasteiger partial charge in [-0.15, -0.1) is 0 Å². The van der Waals surface area contributed by atoms with Crippen molar-refractivity contribution in [2.45, 2.75) is 0 Å². The van der Waals surface area contributed by atoms with Gasteiger partial charge in [-0.05, 0) is 33.4 Å². The summed E-state index contributed by atoms with van der Waals surface area (Å²) in [7, 11) is 0. The molecule has 0 radical (unpaired) electrons. The van der Waals surface area contributed by atoms with Crippen LogP contribution in [0.15, 0.2) is 133 Å². The molecule has 0 fully saturated rings. The van der Waals surface area contributed by atoms with Gasteiger partial charge in [-0.1, -0.05) is 121 Å². The van der Waals surface area contributed by atoms with E-state index < -0.39 is 0 Å². The summed E-state index contributed by atoms with van der Waals surface area (Å²) in [6.07, 6.45) is 21.4. The molecule has 2 aromatic rings. The van der Waals surface area contributed by atoms with E-state index in [2.05, 4.69) is 121 Å². The summed E-state index contributed by atoms with van der Waals surface area (Å²) in [6, 6.07) is 21.2. The highest BCUT2D eigenvalue weighted by molar-refractivity contribution is 5.94. The third-order valence-corrected chi connectivity index (χ3v) is 4.54. The molecule has 0 unspecified atom stereocenters. The second kappa shape index (κ2) is 7.67. The fourth-order valence-corrected chi connectivity index (χ4v) is 3.30. The second-order valence-electron chi connectivity index (χ2n) is 6.21. The van der Waals surface area contributed by atoms with E-state index in [-0.39, 0.29) is 0 Å². The number of rotatable bonds is 2. The van der Waals surface area contributed by atoms with Crippen molar-refractivity contribution in [3.63, 3.8) is 0 Å². The first-order valence-electron chi connectivity index (χ1n) is 8.89. The highest BCUT2D eigenvalue weighted by Crippen LogP contribution is 2.36. The van der Waals surface area contributed by atoms with E-state index in [1.165, 1.54) is 33.4 Å². The van der Waals surface area contributed by atoms with Crippen LogP contribution in [-0.2, 0) is 0 Å². The Morgan fingerprint density at radius 1 is 0.385 bits per heavy atom. The number of benzene rings is 2. The third-order valence-electron chi connectivity index (χ3n) is 4.54. The first-order valence-corrected chi connectivity index (χ1v) is 8.89. The van der Waals surface area contributed by atoms with E-state index in [4.69, 9.17) is 0 Å². The Hall–Kier alpha value is -3.38. The maximum atomic E-state index is 2.21. The quantitative estimate of drug-likeness (QED) is 0.574. The fraction of sp³-hybridized carbons (Fsp3) is 0. The molecule has 0 saturated carbocycles. The van der Waals surface area contributed by atoms with Gasteiger partial charge < -0.3 is 0 Å². The van der Waals surface area contributed by atoms with Crippen LogP contribution in [-0.4, -0.2) is 0 Å². The third kappa shape index (κ3) is 3.36. The zero-order valence-electron chi connectivity index (χ0n) is 14.5. The molecular weight excluding hydrogens is 312 g/mol. The van der Waals surface area contributed by atoms with Crippen LogP contribution in [0.2, 0.25) is 0 Å². The van der Waals surface area contributed by atoms with E-state index in [1.54, 1.807) is 0 Å². The highest BCUT2D eigenvalue weighted by Gasteiger charge is 2.15. The van der Waals surface area contributed by atoms with E-state index in [0.29, 0.717) is 0 Å². The molecule has 0 N–H and O–H groups in total. The van der Waals surface area contributed by atoms with Crippen LogP contribution in [0.4, 0.5) is 0 Å². The molecule has 0 amide bonds. The average Bonchev–Trinajstić information content (AvgIpc) is 3.10. The predicted octanol–water partition coefficient (Wildman–Crippen LogP) is 6.70. The molecule has 0 spiro atoms. The van der Waals surface area contributed by atoms with Crippen LogP contribution in [0.1, 0.15) is 11.1 Å². The molecule has 0 heterocycles. The standard InChI is InChI=1S/C26H20/c1-5-13-21(14-6-1)23-17-9-3-11-19-25(23)26-20-12-4-10-18-24(26)22-15-7-2-8-16-22/h1-20H/b26-25+. The molecule has 0 bridgehead atoms. The first kappa shape index (κ1) is 16.1. The van der Waals surface area contributed by atoms with Crippen molar-refractivity contribution in [3.8, 4) is 0 Å². The maximum absolute atomic E-state index is 2.21. The molecular formula is C26H20. The lowest BCUT2D eigenvalue weighted by atomic mass is 9.87. The highest BCUT2D eigenvalue weighted by atomic mass is 14.2. The Morgan fingerprint density at radius 3 is 1.23 bits per heavy atom. The Kier molecular flexibility index (Phi) is 4.75. The van der Waals surface area contributed by atoms with Gasteiger partial charge in [0.25, 0.3) is 0 Å². The molecule has 0 heteroatoms. The molecule has 0 nitrogen and oxygen atoms in total. The van der Waals surface area contributed by atoms with Crippen LogP contribution in [0.3, 0.4) is 0 Å². The van der Waals surface area contributed by atoms with Crippen LogP contribution < -0.4 is 0 Å². The Labute approximate surface area is 155 Å². The minimum absolute atomic E-state index is 1.23. The van der Waals surface area contributed by atoms with E-state index in [1.807, 2.05) is 0 Å². The Morgan fingerprint density at radius 2 is 0.808 bits per heavy atom. The topological polar surface area (TPSA) is 0 Å². The lowest BCUT2D eigenvalue weighted by Gasteiger charge is -2.16. The van der Waals surface area contributed by atoms with E-state index >= 15 is 0 Å². The molecule has 2 aliphatic carbocycles. The minimum atomic E-state index is 1.23. The molecule has 0 aliphatic heterocycles. The van der Waals surface area contributed by atoms with Crippen molar-refractivity contribution < 1.29 is 0 Å². The van der Waals surface area contributed by atoms with Crippen LogP contribution >= 0.6 is 0 Å². The summed E-state index contributed by atoms with van der Waals surface area (Å²) in [6.45, 7) is 0. The maximum Gasteiger partial charge on any atom is -0.00992 e. The van der Waals surface area contributed by atoms with Gasteiger partial charge in [-0.2, -0.15) is 0 Å². The largest absolute Gasteiger partial charge is 0.0622 e. The van der Waals surface area contributed by atoms with Gasteiger partial charge in [0.15, 0.2) is 0 Å². The van der Waals surface area contributed by atoms with Crippen molar-refractivity contribution in [2.75, 3.05) is 0 Å². The first-order chi connectivity index (χ1) is 12.9. The van der Waals surface area contributed by atoms with Gasteiger partial charge in [0.2, 0.25) is 0 Å².